The zero-order valence-corrected chi connectivity index (χ0v) is 14.3. The van der Waals surface area contributed by atoms with Crippen LogP contribution >= 0.6 is 24.5 Å². The maximum Gasteiger partial charge on any atom is 0.272 e. The van der Waals surface area contributed by atoms with Gasteiger partial charge in [0, 0.05) is 5.54 Å². The molecule has 0 spiro atoms. The van der Waals surface area contributed by atoms with E-state index in [1.165, 1.54) is 11.3 Å². The molecule has 0 radical (unpaired) electrons. The van der Waals surface area contributed by atoms with Crippen molar-refractivity contribution < 1.29 is 10.0 Å². The first kappa shape index (κ1) is 18.0. The number of hydroxylamine groups is 2. The lowest BCUT2D eigenvalue weighted by Crippen LogP contribution is -2.53. The Hall–Kier alpha value is -1.03. The Balaban J connectivity index is 0.000000677. The molecular formula is C12H21N5O2S2. The van der Waals surface area contributed by atoms with Crippen LogP contribution in [0.4, 0.5) is 0 Å². The van der Waals surface area contributed by atoms with Crippen LogP contribution in [0.1, 0.15) is 44.6 Å². The van der Waals surface area contributed by atoms with Crippen LogP contribution in [0.25, 0.3) is 0 Å². The largest absolute Gasteiger partial charge is 0.346 e. The first-order chi connectivity index (χ1) is 9.66. The highest BCUT2D eigenvalue weighted by Crippen LogP contribution is 2.39. The fourth-order valence-electron chi connectivity index (χ4n) is 2.49. The van der Waals surface area contributed by atoms with Crippen molar-refractivity contribution in [2.75, 3.05) is 0 Å². The van der Waals surface area contributed by atoms with Crippen LogP contribution < -0.4 is 5.32 Å². The summed E-state index contributed by atoms with van der Waals surface area (Å²) in [6.07, 6.45) is 2.13. The van der Waals surface area contributed by atoms with E-state index in [9.17, 15) is 10.0 Å². The lowest BCUT2D eigenvalue weighted by atomic mass is 9.94. The minimum Gasteiger partial charge on any atom is -0.346 e. The maximum atomic E-state index is 12.0. The molecule has 1 saturated heterocycles. The molecule has 2 rings (SSSR count). The van der Waals surface area contributed by atoms with E-state index in [0.29, 0.717) is 12.1 Å². The molecule has 9 heteroatoms. The number of hydrogen-bond donors (Lipinski definition) is 3. The molecule has 1 unspecified atom stereocenters. The normalized spacial score (nSPS) is 23.0. The molecule has 1 aromatic rings. The molecule has 21 heavy (non-hydrogen) atoms. The Labute approximate surface area is 134 Å². The van der Waals surface area contributed by atoms with Gasteiger partial charge in [0.05, 0.1) is 29.5 Å². The van der Waals surface area contributed by atoms with Crippen molar-refractivity contribution in [3.8, 4) is 0 Å². The molecule has 1 fully saturated rings. The molecule has 0 aliphatic carbocycles. The Bertz CT molecular complexity index is 490. The van der Waals surface area contributed by atoms with Gasteiger partial charge >= 0.3 is 0 Å². The summed E-state index contributed by atoms with van der Waals surface area (Å²) in [6.45, 7) is 10.7. The van der Waals surface area contributed by atoms with Gasteiger partial charge < -0.3 is 10.5 Å². The third-order valence-electron chi connectivity index (χ3n) is 3.57. The fraction of sp³-hybridized carbons (Fsp3) is 0.667. The molecule has 7 nitrogen and oxygen atoms in total. The number of thiol groups is 1. The van der Waals surface area contributed by atoms with Crippen molar-refractivity contribution >= 4 is 37.2 Å². The van der Waals surface area contributed by atoms with E-state index in [2.05, 4.69) is 38.0 Å². The molecule has 0 bridgehead atoms. The Morgan fingerprint density at radius 3 is 2.57 bits per heavy atom. The number of rotatable bonds is 2. The molecule has 2 heterocycles. The predicted molar refractivity (Wildman–Crippen MR) is 86.1 cm³/mol. The van der Waals surface area contributed by atoms with Gasteiger partial charge in [-0.05, 0) is 53.6 Å². The van der Waals surface area contributed by atoms with Gasteiger partial charge in [0.15, 0.2) is 5.69 Å². The first-order valence-corrected chi connectivity index (χ1v) is 7.47. The van der Waals surface area contributed by atoms with Crippen LogP contribution in [0.5, 0.6) is 0 Å². The van der Waals surface area contributed by atoms with Crippen molar-refractivity contribution in [3.63, 3.8) is 0 Å². The molecule has 2 N–H and O–H groups in total. The van der Waals surface area contributed by atoms with E-state index >= 15 is 0 Å². The van der Waals surface area contributed by atoms with Crippen molar-refractivity contribution in [1.82, 2.24) is 19.1 Å². The van der Waals surface area contributed by atoms with E-state index in [1.54, 1.807) is 0 Å². The van der Waals surface area contributed by atoms with E-state index < -0.39 is 5.54 Å². The summed E-state index contributed by atoms with van der Waals surface area (Å²) in [6, 6.07) is -0.133. The SMILES string of the molecule is C=NS.CC1(C)CC(NC(=O)c2cnsn2)C(C)(C)N1O. The fourth-order valence-corrected chi connectivity index (χ4v) is 2.90. The molecule has 1 atom stereocenters. The number of aromatic nitrogens is 2. The summed E-state index contributed by atoms with van der Waals surface area (Å²) in [5.41, 5.74) is -0.547. The number of nitrogens with zero attached hydrogens (tertiary/aromatic N) is 4. The zero-order chi connectivity index (χ0) is 16.3. The van der Waals surface area contributed by atoms with Gasteiger partial charge in [-0.1, -0.05) is 0 Å². The second kappa shape index (κ2) is 6.82. The minimum atomic E-state index is -0.511. The van der Waals surface area contributed by atoms with Crippen LogP contribution in [0.15, 0.2) is 10.6 Å². The van der Waals surface area contributed by atoms with Crippen molar-refractivity contribution in [2.24, 2.45) is 4.40 Å². The molecule has 0 aromatic carbocycles. The first-order valence-electron chi connectivity index (χ1n) is 6.34. The molecular weight excluding hydrogens is 310 g/mol. The van der Waals surface area contributed by atoms with Gasteiger partial charge in [0.1, 0.15) is 0 Å². The van der Waals surface area contributed by atoms with Gasteiger partial charge in [0.2, 0.25) is 0 Å². The highest BCUT2D eigenvalue weighted by Gasteiger charge is 2.51. The van der Waals surface area contributed by atoms with E-state index in [1.807, 2.05) is 27.7 Å². The number of carbonyl (C=O) groups is 1. The van der Waals surface area contributed by atoms with Crippen molar-refractivity contribution in [2.45, 2.75) is 51.2 Å². The summed E-state index contributed by atoms with van der Waals surface area (Å²) in [5, 5.41) is 14.4. The van der Waals surface area contributed by atoms with E-state index in [0.717, 1.165) is 11.7 Å². The van der Waals surface area contributed by atoms with Crippen LogP contribution in [-0.4, -0.2) is 48.8 Å². The van der Waals surface area contributed by atoms with Gasteiger partial charge in [-0.2, -0.15) is 13.8 Å². The summed E-state index contributed by atoms with van der Waals surface area (Å²) in [4.78, 5) is 12.0. The molecule has 1 aromatic heterocycles. The minimum absolute atomic E-state index is 0.133. The highest BCUT2D eigenvalue weighted by atomic mass is 32.1. The van der Waals surface area contributed by atoms with Gasteiger partial charge in [-0.15, -0.1) is 0 Å². The maximum absolute atomic E-state index is 12.0. The molecule has 1 amide bonds. The zero-order valence-electron chi connectivity index (χ0n) is 12.6. The number of carbonyl (C=O) groups excluding carboxylic acids is 1. The quantitative estimate of drug-likeness (QED) is 0.568. The lowest BCUT2D eigenvalue weighted by molar-refractivity contribution is -0.193. The Morgan fingerprint density at radius 2 is 2.19 bits per heavy atom. The summed E-state index contributed by atoms with van der Waals surface area (Å²) >= 11 is 4.31. The predicted octanol–water partition coefficient (Wildman–Crippen LogP) is 1.82. The third kappa shape index (κ3) is 4.00. The second-order valence-corrected chi connectivity index (χ2v) is 6.78. The molecule has 118 valence electrons. The average molecular weight is 331 g/mol. The van der Waals surface area contributed by atoms with Crippen LogP contribution in [-0.2, 0) is 0 Å². The number of nitrogens with one attached hydrogen (secondary N) is 1. The lowest BCUT2D eigenvalue weighted by Gasteiger charge is -2.35. The molecule has 0 saturated carbocycles. The Kier molecular flexibility index (Phi) is 5.85. The van der Waals surface area contributed by atoms with Gasteiger partial charge in [-0.25, -0.2) is 4.40 Å². The summed E-state index contributed by atoms with van der Waals surface area (Å²) in [5.74, 6) is -0.243. The average Bonchev–Trinajstić information content (AvgIpc) is 2.95. The highest BCUT2D eigenvalue weighted by molar-refractivity contribution is 7.78. The summed E-state index contributed by atoms with van der Waals surface area (Å²) in [7, 11) is 0. The van der Waals surface area contributed by atoms with Crippen molar-refractivity contribution in [1.29, 1.82) is 0 Å². The smallest absolute Gasteiger partial charge is 0.272 e. The van der Waals surface area contributed by atoms with Gasteiger partial charge in [0.25, 0.3) is 5.91 Å². The summed E-state index contributed by atoms with van der Waals surface area (Å²) < 4.78 is 10.7. The molecule has 1 aliphatic heterocycles. The van der Waals surface area contributed by atoms with E-state index in [4.69, 9.17) is 0 Å². The third-order valence-corrected chi connectivity index (χ3v) is 4.05. The Morgan fingerprint density at radius 1 is 1.62 bits per heavy atom. The number of hydrogen-bond acceptors (Lipinski definition) is 8. The molecule has 1 aliphatic rings. The van der Waals surface area contributed by atoms with E-state index in [-0.39, 0.29) is 17.5 Å². The topological polar surface area (TPSA) is 90.7 Å². The monoisotopic (exact) mass is 331 g/mol. The van der Waals surface area contributed by atoms with Crippen LogP contribution in [0, 0.1) is 0 Å². The number of amides is 1. The standard InChI is InChI=1S/C11H18N4O2S.CH3NS/c1-10(2)5-8(11(3,4)15(10)17)13-9(16)7-6-12-18-14-7;1-2-3/h6,8,17H,5H2,1-4H3,(H,13,16);3H,1H2. The van der Waals surface area contributed by atoms with Crippen molar-refractivity contribution in [3.05, 3.63) is 11.9 Å². The van der Waals surface area contributed by atoms with Crippen LogP contribution in [0.3, 0.4) is 0 Å². The van der Waals surface area contributed by atoms with Gasteiger partial charge in [-0.3, -0.25) is 4.79 Å². The second-order valence-electron chi connectivity index (χ2n) is 5.94. The van der Waals surface area contributed by atoms with Crippen LogP contribution in [0.2, 0.25) is 0 Å².